The number of aromatic nitrogens is 3. The molecule has 1 aliphatic heterocycles. The van der Waals surface area contributed by atoms with E-state index < -0.39 is 17.5 Å². The van der Waals surface area contributed by atoms with Crippen LogP contribution in [-0.2, 0) is 16.9 Å². The first-order valence-electron chi connectivity index (χ1n) is 12.8. The van der Waals surface area contributed by atoms with E-state index in [-0.39, 0.29) is 18.5 Å². The van der Waals surface area contributed by atoms with Gasteiger partial charge in [-0.25, -0.2) is 4.79 Å². The number of nitrogens with zero attached hydrogens (tertiary/aromatic N) is 3. The molecule has 3 aromatic carbocycles. The molecule has 0 saturated carbocycles. The maximum atomic E-state index is 13.2. The van der Waals surface area contributed by atoms with Gasteiger partial charge in [0.1, 0.15) is 5.75 Å². The first-order valence-corrected chi connectivity index (χ1v) is 12.8. The highest BCUT2D eigenvalue weighted by atomic mass is 16.5. The molecule has 3 heterocycles. The molecule has 2 aromatic heterocycles. The van der Waals surface area contributed by atoms with E-state index >= 15 is 0 Å². The highest BCUT2D eigenvalue weighted by Gasteiger charge is 2.48. The minimum Gasteiger partial charge on any atom is -0.497 e. The number of amides is 3. The van der Waals surface area contributed by atoms with Crippen LogP contribution in [0, 0.1) is 6.92 Å². The number of ether oxygens (including phenoxy) is 1. The van der Waals surface area contributed by atoms with Gasteiger partial charge in [-0.3, -0.25) is 14.8 Å². The van der Waals surface area contributed by atoms with Crippen molar-refractivity contribution in [3.63, 3.8) is 0 Å². The Hall–Kier alpha value is -4.79. The average molecular weight is 524 g/mol. The number of fused-ring (bicyclic) bond motifs is 2. The number of urea groups is 1. The fraction of sp³-hybridized carbons (Fsp3) is 0.233. The second-order valence-corrected chi connectivity index (χ2v) is 10.3. The molecule has 1 atom stereocenters. The third kappa shape index (κ3) is 3.89. The first kappa shape index (κ1) is 24.5. The van der Waals surface area contributed by atoms with Crippen molar-refractivity contribution < 1.29 is 19.4 Å². The molecule has 1 fully saturated rings. The number of hydrogen-bond donors (Lipinski definition) is 3. The van der Waals surface area contributed by atoms with Crippen LogP contribution in [0.1, 0.15) is 31.0 Å². The molecule has 0 spiro atoms. The summed E-state index contributed by atoms with van der Waals surface area (Å²) in [5.74, 6) is 0.116. The first-order chi connectivity index (χ1) is 18.7. The smallest absolute Gasteiger partial charge is 0.322 e. The summed E-state index contributed by atoms with van der Waals surface area (Å²) in [6.45, 7) is 6.31. The molecule has 1 saturated heterocycles. The molecule has 1 aliphatic rings. The Morgan fingerprint density at radius 2 is 1.79 bits per heavy atom. The van der Waals surface area contributed by atoms with E-state index in [2.05, 4.69) is 48.6 Å². The summed E-state index contributed by atoms with van der Waals surface area (Å²) in [5, 5.41) is 23.2. The highest BCUT2D eigenvalue weighted by Crippen LogP contribution is 2.36. The average Bonchev–Trinajstić information content (AvgIpc) is 3.58. The summed E-state index contributed by atoms with van der Waals surface area (Å²) in [7, 11) is 1.56. The van der Waals surface area contributed by atoms with Crippen LogP contribution in [0.3, 0.4) is 0 Å². The predicted octanol–water partition coefficient (Wildman–Crippen LogP) is 5.00. The van der Waals surface area contributed by atoms with Crippen LogP contribution in [0.15, 0.2) is 67.0 Å². The van der Waals surface area contributed by atoms with Crippen molar-refractivity contribution in [1.29, 1.82) is 0 Å². The third-order valence-corrected chi connectivity index (χ3v) is 7.50. The molecule has 9 nitrogen and oxygen atoms in total. The largest absolute Gasteiger partial charge is 0.497 e. The van der Waals surface area contributed by atoms with E-state index in [9.17, 15) is 14.7 Å². The lowest BCUT2D eigenvalue weighted by Gasteiger charge is -2.27. The van der Waals surface area contributed by atoms with Crippen LogP contribution in [0.2, 0.25) is 0 Å². The van der Waals surface area contributed by atoms with E-state index in [1.807, 2.05) is 41.2 Å². The highest BCUT2D eigenvalue weighted by molar-refractivity contribution is 6.07. The lowest BCUT2D eigenvalue weighted by atomic mass is 9.88. The molecule has 5 aromatic rings. The Morgan fingerprint density at radius 1 is 1.03 bits per heavy atom. The maximum Gasteiger partial charge on any atom is 0.322 e. The zero-order chi connectivity index (χ0) is 27.5. The normalized spacial score (nSPS) is 17.3. The molecular weight excluding hydrogens is 494 g/mol. The van der Waals surface area contributed by atoms with Gasteiger partial charge in [0.2, 0.25) is 0 Å². The zero-order valence-electron chi connectivity index (χ0n) is 22.1. The number of methoxy groups -OCH3 is 1. The molecule has 0 aliphatic carbocycles. The molecule has 39 heavy (non-hydrogen) atoms. The third-order valence-electron chi connectivity index (χ3n) is 7.50. The van der Waals surface area contributed by atoms with E-state index in [0.717, 1.165) is 33.0 Å². The maximum absolute atomic E-state index is 13.2. The van der Waals surface area contributed by atoms with Crippen molar-refractivity contribution in [2.24, 2.45) is 0 Å². The predicted molar refractivity (Wildman–Crippen MR) is 149 cm³/mol. The summed E-state index contributed by atoms with van der Waals surface area (Å²) in [6, 6.07) is 16.9. The van der Waals surface area contributed by atoms with Gasteiger partial charge in [-0.05, 0) is 73.4 Å². The summed E-state index contributed by atoms with van der Waals surface area (Å²) in [4.78, 5) is 25.6. The van der Waals surface area contributed by atoms with Crippen LogP contribution in [0.4, 0.5) is 4.79 Å². The number of aryl methyl sites for hydroxylation is 1. The van der Waals surface area contributed by atoms with Crippen molar-refractivity contribution in [2.45, 2.75) is 38.9 Å². The fourth-order valence-corrected chi connectivity index (χ4v) is 5.53. The Balaban J connectivity index is 1.39. The molecule has 198 valence electrons. The van der Waals surface area contributed by atoms with E-state index in [1.54, 1.807) is 30.0 Å². The van der Waals surface area contributed by atoms with Crippen molar-refractivity contribution >= 4 is 33.6 Å². The number of rotatable bonds is 6. The number of hydrogen-bond acceptors (Lipinski definition) is 5. The minimum atomic E-state index is -1.40. The number of carbonyl (C=O) groups excluding carboxylic acids is 2. The van der Waals surface area contributed by atoms with Crippen LogP contribution in [0.25, 0.3) is 32.8 Å². The van der Waals surface area contributed by atoms with Crippen molar-refractivity contribution in [3.05, 3.63) is 78.1 Å². The molecule has 3 N–H and O–H groups in total. The standard InChI is InChI=1S/C30H29N5O4/c1-17(2)35-26-18(3)11-21(12-22(26)14-31-35)19-5-8-23(9-6-19)30(28(37)32-29(38)33-30)16-34-15-20-7-10-24(39-4)13-25(20)27(34)36/h5-15,17,36H,16H2,1-4H3,(H2,32,33,37,38)/t30-/m0/s1. The second kappa shape index (κ2) is 8.90. The van der Waals surface area contributed by atoms with Crippen molar-refractivity contribution in [3.8, 4) is 22.8 Å². The van der Waals surface area contributed by atoms with E-state index in [1.165, 1.54) is 0 Å². The summed E-state index contributed by atoms with van der Waals surface area (Å²) >= 11 is 0. The summed E-state index contributed by atoms with van der Waals surface area (Å²) in [6.07, 6.45) is 3.64. The van der Waals surface area contributed by atoms with Crippen LogP contribution >= 0.6 is 0 Å². The Labute approximate surface area is 225 Å². The number of carbonyl (C=O) groups is 2. The Bertz CT molecular complexity index is 1770. The second-order valence-electron chi connectivity index (χ2n) is 10.3. The van der Waals surface area contributed by atoms with E-state index in [4.69, 9.17) is 4.74 Å². The summed E-state index contributed by atoms with van der Waals surface area (Å²) < 4.78 is 8.89. The SMILES string of the molecule is COc1ccc2cn(C[C@@]3(c4ccc(-c5cc(C)c6c(cnn6C(C)C)c5)cc4)NC(=O)NC3=O)c(O)c2c1. The van der Waals surface area contributed by atoms with E-state index in [0.29, 0.717) is 16.7 Å². The van der Waals surface area contributed by atoms with Crippen LogP contribution in [0.5, 0.6) is 11.6 Å². The number of imide groups is 1. The Kier molecular flexibility index (Phi) is 5.60. The Morgan fingerprint density at radius 3 is 2.46 bits per heavy atom. The molecule has 0 bridgehead atoms. The quantitative estimate of drug-likeness (QED) is 0.272. The lowest BCUT2D eigenvalue weighted by Crippen LogP contribution is -2.47. The van der Waals surface area contributed by atoms with Crippen molar-refractivity contribution in [2.75, 3.05) is 7.11 Å². The van der Waals surface area contributed by atoms with Gasteiger partial charge < -0.3 is 19.7 Å². The van der Waals surface area contributed by atoms with Gasteiger partial charge in [0.25, 0.3) is 5.91 Å². The number of benzene rings is 3. The van der Waals surface area contributed by atoms with Crippen molar-refractivity contribution in [1.82, 2.24) is 25.0 Å². The van der Waals surface area contributed by atoms with Gasteiger partial charge >= 0.3 is 6.03 Å². The van der Waals surface area contributed by atoms with Gasteiger partial charge in [-0.1, -0.05) is 24.3 Å². The minimum absolute atomic E-state index is 0.00615. The molecule has 9 heteroatoms. The monoisotopic (exact) mass is 523 g/mol. The van der Waals surface area contributed by atoms with Gasteiger partial charge in [0.05, 0.1) is 25.4 Å². The molecule has 0 unspecified atom stereocenters. The molecular formula is C30H29N5O4. The number of aromatic hydroxyl groups is 1. The van der Waals surface area contributed by atoms with Crippen LogP contribution < -0.4 is 15.4 Å². The van der Waals surface area contributed by atoms with Gasteiger partial charge in [-0.15, -0.1) is 0 Å². The number of nitrogens with one attached hydrogen (secondary N) is 2. The van der Waals surface area contributed by atoms with Gasteiger partial charge in [0.15, 0.2) is 11.4 Å². The topological polar surface area (TPSA) is 110 Å². The van der Waals surface area contributed by atoms with Gasteiger partial charge in [-0.2, -0.15) is 5.10 Å². The van der Waals surface area contributed by atoms with Gasteiger partial charge in [0, 0.05) is 28.4 Å². The molecule has 3 amide bonds. The zero-order valence-corrected chi connectivity index (χ0v) is 22.1. The fourth-order valence-electron chi connectivity index (χ4n) is 5.53. The molecule has 0 radical (unpaired) electrons. The van der Waals surface area contributed by atoms with Crippen LogP contribution in [-0.4, -0.2) is 38.5 Å². The molecule has 6 rings (SSSR count). The summed E-state index contributed by atoms with van der Waals surface area (Å²) in [5.41, 5.74) is 3.46. The lowest BCUT2D eigenvalue weighted by molar-refractivity contribution is -0.124.